The number of rotatable bonds is 16. The number of nitrogens with zero attached hydrogens (tertiary/aromatic N) is 1. The van der Waals surface area contributed by atoms with Crippen LogP contribution in [0.5, 0.6) is 0 Å². The monoisotopic (exact) mass is 351 g/mol. The highest BCUT2D eigenvalue weighted by molar-refractivity contribution is 6.01. The van der Waals surface area contributed by atoms with Crippen molar-refractivity contribution in [1.29, 1.82) is 0 Å². The van der Waals surface area contributed by atoms with Crippen molar-refractivity contribution in [3.05, 3.63) is 0 Å². The topological polar surface area (TPSA) is 37.4 Å². The Morgan fingerprint density at radius 3 is 1.60 bits per heavy atom. The molecule has 0 aliphatic carbocycles. The number of hydrogen-bond donors (Lipinski definition) is 0. The van der Waals surface area contributed by atoms with E-state index in [1.165, 1.54) is 88.4 Å². The Kier molecular flexibility index (Phi) is 12.7. The van der Waals surface area contributed by atoms with E-state index in [1.807, 2.05) is 0 Å². The molecule has 0 saturated carbocycles. The van der Waals surface area contributed by atoms with Gasteiger partial charge in [0.1, 0.15) is 0 Å². The molecule has 1 heterocycles. The molecule has 1 saturated heterocycles. The average molecular weight is 352 g/mol. The molecule has 1 aliphatic rings. The van der Waals surface area contributed by atoms with Crippen LogP contribution in [0.1, 0.15) is 117 Å². The number of carbonyl (C=O) groups excluding carboxylic acids is 2. The van der Waals surface area contributed by atoms with Crippen LogP contribution in [0.15, 0.2) is 0 Å². The summed E-state index contributed by atoms with van der Waals surface area (Å²) in [6.07, 6.45) is 19.1. The van der Waals surface area contributed by atoms with E-state index in [0.717, 1.165) is 6.42 Å². The van der Waals surface area contributed by atoms with Gasteiger partial charge < -0.3 is 0 Å². The van der Waals surface area contributed by atoms with Crippen molar-refractivity contribution in [2.24, 2.45) is 5.92 Å². The Morgan fingerprint density at radius 1 is 0.680 bits per heavy atom. The summed E-state index contributed by atoms with van der Waals surface area (Å²) in [6.45, 7) is 5.17. The van der Waals surface area contributed by atoms with Crippen molar-refractivity contribution in [3.63, 3.8) is 0 Å². The molecule has 2 amide bonds. The van der Waals surface area contributed by atoms with Crippen molar-refractivity contribution in [2.45, 2.75) is 117 Å². The summed E-state index contributed by atoms with van der Waals surface area (Å²) in [5.41, 5.74) is 0. The second kappa shape index (κ2) is 14.3. The van der Waals surface area contributed by atoms with Crippen LogP contribution < -0.4 is 0 Å². The normalized spacial score (nSPS) is 16.0. The molecule has 0 aromatic carbocycles. The zero-order valence-electron chi connectivity index (χ0n) is 16.9. The molecule has 146 valence electrons. The van der Waals surface area contributed by atoms with Gasteiger partial charge in [-0.05, 0) is 12.3 Å². The van der Waals surface area contributed by atoms with E-state index in [2.05, 4.69) is 13.8 Å². The fourth-order valence-electron chi connectivity index (χ4n) is 3.87. The smallest absolute Gasteiger partial charge is 0.229 e. The molecule has 0 aromatic heterocycles. The lowest BCUT2D eigenvalue weighted by molar-refractivity contribution is -0.138. The molecule has 3 heteroatoms. The second-order valence-electron chi connectivity index (χ2n) is 7.85. The van der Waals surface area contributed by atoms with Gasteiger partial charge in [0.25, 0.3) is 0 Å². The molecule has 0 radical (unpaired) electrons. The minimum absolute atomic E-state index is 0.0475. The Morgan fingerprint density at radius 2 is 1.12 bits per heavy atom. The average Bonchev–Trinajstić information content (AvgIpc) is 2.93. The summed E-state index contributed by atoms with van der Waals surface area (Å²) in [5, 5.41) is 0. The van der Waals surface area contributed by atoms with Crippen molar-refractivity contribution in [2.75, 3.05) is 6.54 Å². The summed E-state index contributed by atoms with van der Waals surface area (Å²) in [5.74, 6) is 0.784. The molecule has 0 spiro atoms. The Hall–Kier alpha value is -0.860. The number of likely N-dealkylation sites (tertiary alicyclic amines) is 1. The zero-order chi connectivity index (χ0) is 18.3. The van der Waals surface area contributed by atoms with E-state index >= 15 is 0 Å². The molecule has 1 atom stereocenters. The molecule has 1 aliphatic heterocycles. The number of imide groups is 1. The highest BCUT2D eigenvalue weighted by Gasteiger charge is 2.28. The molecular formula is C22H41NO2. The zero-order valence-corrected chi connectivity index (χ0v) is 16.9. The molecule has 25 heavy (non-hydrogen) atoms. The molecule has 1 fully saturated rings. The standard InChI is InChI=1S/C22H41NO2/c1-3-5-7-9-11-13-15-20(14-12-10-8-6-4-2)18-19-23-21(24)16-17-22(23)25/h20H,3-19H2,1-2H3. The fraction of sp³-hybridized carbons (Fsp3) is 0.909. The van der Waals surface area contributed by atoms with Crippen LogP contribution in [0.2, 0.25) is 0 Å². The van der Waals surface area contributed by atoms with Gasteiger partial charge in [-0.3, -0.25) is 14.5 Å². The van der Waals surface area contributed by atoms with E-state index in [-0.39, 0.29) is 11.8 Å². The molecule has 0 bridgehead atoms. The predicted octanol–water partition coefficient (Wildman–Crippen LogP) is 6.25. The maximum Gasteiger partial charge on any atom is 0.229 e. The Bertz CT molecular complexity index is 351. The van der Waals surface area contributed by atoms with Gasteiger partial charge in [-0.25, -0.2) is 0 Å². The van der Waals surface area contributed by atoms with Crippen LogP contribution in [-0.2, 0) is 9.59 Å². The first kappa shape index (κ1) is 22.2. The molecular weight excluding hydrogens is 310 g/mol. The third kappa shape index (κ3) is 10.0. The van der Waals surface area contributed by atoms with Gasteiger partial charge in [-0.15, -0.1) is 0 Å². The van der Waals surface area contributed by atoms with Crippen LogP contribution in [0, 0.1) is 5.92 Å². The minimum Gasteiger partial charge on any atom is -0.283 e. The molecule has 1 rings (SSSR count). The molecule has 0 N–H and O–H groups in total. The summed E-state index contributed by atoms with van der Waals surface area (Å²) in [6, 6.07) is 0. The van der Waals surface area contributed by atoms with E-state index in [9.17, 15) is 9.59 Å². The quantitative estimate of drug-likeness (QED) is 0.243. The minimum atomic E-state index is 0.0475. The van der Waals surface area contributed by atoms with Gasteiger partial charge in [0.05, 0.1) is 0 Å². The maximum atomic E-state index is 11.8. The second-order valence-corrected chi connectivity index (χ2v) is 7.85. The van der Waals surface area contributed by atoms with Crippen LogP contribution in [0.25, 0.3) is 0 Å². The lowest BCUT2D eigenvalue weighted by atomic mass is 9.91. The summed E-state index contributed by atoms with van der Waals surface area (Å²) < 4.78 is 0. The van der Waals surface area contributed by atoms with E-state index in [0.29, 0.717) is 25.3 Å². The van der Waals surface area contributed by atoms with E-state index in [1.54, 1.807) is 0 Å². The fourth-order valence-corrected chi connectivity index (χ4v) is 3.87. The third-order valence-corrected chi connectivity index (χ3v) is 5.60. The Labute approximate surface area is 155 Å². The first-order valence-electron chi connectivity index (χ1n) is 11.0. The van der Waals surface area contributed by atoms with Crippen molar-refractivity contribution in [3.8, 4) is 0 Å². The van der Waals surface area contributed by atoms with E-state index < -0.39 is 0 Å². The lowest BCUT2D eigenvalue weighted by Gasteiger charge is -2.20. The third-order valence-electron chi connectivity index (χ3n) is 5.60. The van der Waals surface area contributed by atoms with Crippen LogP contribution in [0.4, 0.5) is 0 Å². The summed E-state index contributed by atoms with van der Waals surface area (Å²) in [7, 11) is 0. The van der Waals surface area contributed by atoms with Crippen LogP contribution in [0.3, 0.4) is 0 Å². The highest BCUT2D eigenvalue weighted by atomic mass is 16.2. The van der Waals surface area contributed by atoms with Gasteiger partial charge >= 0.3 is 0 Å². The molecule has 1 unspecified atom stereocenters. The molecule has 3 nitrogen and oxygen atoms in total. The first-order valence-corrected chi connectivity index (χ1v) is 11.0. The number of carbonyl (C=O) groups is 2. The SMILES string of the molecule is CCCCCCCCC(CCCCCCC)CCN1C(=O)CCC1=O. The van der Waals surface area contributed by atoms with Crippen molar-refractivity contribution >= 4 is 11.8 Å². The van der Waals surface area contributed by atoms with Gasteiger partial charge in [0.15, 0.2) is 0 Å². The van der Waals surface area contributed by atoms with Gasteiger partial charge in [-0.2, -0.15) is 0 Å². The molecule has 0 aromatic rings. The first-order chi connectivity index (χ1) is 12.2. The van der Waals surface area contributed by atoms with Gasteiger partial charge in [0, 0.05) is 19.4 Å². The Balaban J connectivity index is 2.28. The maximum absolute atomic E-state index is 11.8. The van der Waals surface area contributed by atoms with E-state index in [4.69, 9.17) is 0 Å². The van der Waals surface area contributed by atoms with Crippen molar-refractivity contribution < 1.29 is 9.59 Å². The summed E-state index contributed by atoms with van der Waals surface area (Å²) >= 11 is 0. The van der Waals surface area contributed by atoms with Crippen molar-refractivity contribution in [1.82, 2.24) is 4.90 Å². The highest BCUT2D eigenvalue weighted by Crippen LogP contribution is 2.23. The van der Waals surface area contributed by atoms with Gasteiger partial charge in [-0.1, -0.05) is 97.3 Å². The number of amides is 2. The number of hydrogen-bond acceptors (Lipinski definition) is 2. The number of unbranched alkanes of at least 4 members (excludes halogenated alkanes) is 9. The van der Waals surface area contributed by atoms with Crippen LogP contribution in [-0.4, -0.2) is 23.3 Å². The summed E-state index contributed by atoms with van der Waals surface area (Å²) in [4.78, 5) is 25.1. The van der Waals surface area contributed by atoms with Crippen LogP contribution >= 0.6 is 0 Å². The predicted molar refractivity (Wildman–Crippen MR) is 105 cm³/mol. The lowest BCUT2D eigenvalue weighted by Crippen LogP contribution is -2.31. The van der Waals surface area contributed by atoms with Gasteiger partial charge in [0.2, 0.25) is 11.8 Å². The largest absolute Gasteiger partial charge is 0.283 e.